The molecule has 0 bridgehead atoms. The Morgan fingerprint density at radius 1 is 1.00 bits per heavy atom. The predicted molar refractivity (Wildman–Crippen MR) is 116 cm³/mol. The van der Waals surface area contributed by atoms with Crippen LogP contribution in [0.25, 0.3) is 10.8 Å². The van der Waals surface area contributed by atoms with Gasteiger partial charge in [-0.3, -0.25) is 13.9 Å². The molecule has 3 aromatic rings. The Bertz CT molecular complexity index is 1140. The highest BCUT2D eigenvalue weighted by Crippen LogP contribution is 2.21. The maximum absolute atomic E-state index is 13.4. The zero-order chi connectivity index (χ0) is 20.4. The van der Waals surface area contributed by atoms with Gasteiger partial charge < -0.3 is 15.4 Å². The average molecular weight is 394 g/mol. The summed E-state index contributed by atoms with van der Waals surface area (Å²) in [4.78, 5) is 28.5. The van der Waals surface area contributed by atoms with Gasteiger partial charge in [-0.15, -0.1) is 0 Å². The van der Waals surface area contributed by atoms with Gasteiger partial charge in [0.15, 0.2) is 0 Å². The zero-order valence-corrected chi connectivity index (χ0v) is 16.6. The van der Waals surface area contributed by atoms with Gasteiger partial charge in [0.25, 0.3) is 5.56 Å². The second-order valence-electron chi connectivity index (χ2n) is 7.30. The van der Waals surface area contributed by atoms with E-state index in [9.17, 15) is 9.59 Å². The van der Waals surface area contributed by atoms with E-state index in [2.05, 4.69) is 0 Å². The van der Waals surface area contributed by atoms with Crippen LogP contribution in [0.15, 0.2) is 52.1 Å². The van der Waals surface area contributed by atoms with E-state index >= 15 is 0 Å². The number of morpholine rings is 1. The summed E-state index contributed by atoms with van der Waals surface area (Å²) in [5.74, 6) is 0.248. The SMILES string of the molecule is CCCn1c(N)c(N2CCOCC2)c(=O)n(Cc2cccc3ccccc23)c1=O. The van der Waals surface area contributed by atoms with Crippen molar-refractivity contribution < 1.29 is 4.74 Å². The number of benzene rings is 2. The molecule has 0 amide bonds. The monoisotopic (exact) mass is 394 g/mol. The lowest BCUT2D eigenvalue weighted by atomic mass is 10.0. The Morgan fingerprint density at radius 3 is 2.48 bits per heavy atom. The van der Waals surface area contributed by atoms with Crippen LogP contribution in [-0.4, -0.2) is 35.4 Å². The fourth-order valence-electron chi connectivity index (χ4n) is 3.96. The van der Waals surface area contributed by atoms with Crippen LogP contribution in [0.1, 0.15) is 18.9 Å². The fraction of sp³-hybridized carbons (Fsp3) is 0.364. The van der Waals surface area contributed by atoms with E-state index in [1.54, 1.807) is 0 Å². The summed E-state index contributed by atoms with van der Waals surface area (Å²) in [7, 11) is 0. The number of hydrogen-bond acceptors (Lipinski definition) is 5. The molecule has 29 heavy (non-hydrogen) atoms. The van der Waals surface area contributed by atoms with Gasteiger partial charge in [0.1, 0.15) is 11.5 Å². The van der Waals surface area contributed by atoms with E-state index in [0.717, 1.165) is 22.8 Å². The third-order valence-corrected chi connectivity index (χ3v) is 5.43. The molecular weight excluding hydrogens is 368 g/mol. The second kappa shape index (κ2) is 8.13. The highest BCUT2D eigenvalue weighted by Gasteiger charge is 2.23. The number of nitrogen functional groups attached to an aromatic ring is 1. The zero-order valence-electron chi connectivity index (χ0n) is 16.6. The number of nitrogens with two attached hydrogens (primary N) is 1. The Hall–Kier alpha value is -3.06. The molecule has 0 unspecified atom stereocenters. The summed E-state index contributed by atoms with van der Waals surface area (Å²) in [6.07, 6.45) is 0.749. The summed E-state index contributed by atoms with van der Waals surface area (Å²) >= 11 is 0. The minimum Gasteiger partial charge on any atom is -0.383 e. The summed E-state index contributed by atoms with van der Waals surface area (Å²) in [5.41, 5.74) is 6.96. The van der Waals surface area contributed by atoms with Crippen LogP contribution in [0.4, 0.5) is 11.5 Å². The molecule has 0 saturated carbocycles. The van der Waals surface area contributed by atoms with Crippen molar-refractivity contribution in [3.05, 3.63) is 68.9 Å². The third-order valence-electron chi connectivity index (χ3n) is 5.43. The lowest BCUT2D eigenvalue weighted by molar-refractivity contribution is 0.122. The summed E-state index contributed by atoms with van der Waals surface area (Å²) < 4.78 is 8.26. The van der Waals surface area contributed by atoms with E-state index in [4.69, 9.17) is 10.5 Å². The van der Waals surface area contributed by atoms with Gasteiger partial charge in [0.05, 0.1) is 19.8 Å². The van der Waals surface area contributed by atoms with Crippen molar-refractivity contribution in [2.45, 2.75) is 26.4 Å². The smallest absolute Gasteiger partial charge is 0.332 e. The molecular formula is C22H26N4O3. The standard InChI is InChI=1S/C22H26N4O3/c1-2-10-25-20(23)19(24-11-13-29-14-12-24)21(27)26(22(25)28)15-17-8-5-7-16-6-3-4-9-18(16)17/h3-9H,2,10-15,23H2,1H3. The summed E-state index contributed by atoms with van der Waals surface area (Å²) in [6, 6.07) is 13.9. The van der Waals surface area contributed by atoms with Crippen molar-refractivity contribution in [2.75, 3.05) is 36.9 Å². The van der Waals surface area contributed by atoms with Crippen molar-refractivity contribution >= 4 is 22.3 Å². The summed E-state index contributed by atoms with van der Waals surface area (Å²) in [6.45, 7) is 4.90. The molecule has 1 fully saturated rings. The quantitative estimate of drug-likeness (QED) is 0.716. The molecule has 2 aromatic carbocycles. The number of aromatic nitrogens is 2. The van der Waals surface area contributed by atoms with Crippen molar-refractivity contribution in [1.29, 1.82) is 0 Å². The Balaban J connectivity index is 1.89. The predicted octanol–water partition coefficient (Wildman–Crippen LogP) is 2.04. The highest BCUT2D eigenvalue weighted by atomic mass is 16.5. The third kappa shape index (κ3) is 3.53. The van der Waals surface area contributed by atoms with Gasteiger partial charge in [-0.1, -0.05) is 49.4 Å². The number of ether oxygens (including phenoxy) is 1. The fourth-order valence-corrected chi connectivity index (χ4v) is 3.96. The van der Waals surface area contributed by atoms with Gasteiger partial charge >= 0.3 is 5.69 Å². The molecule has 1 aliphatic heterocycles. The van der Waals surface area contributed by atoms with Gasteiger partial charge in [0, 0.05) is 19.6 Å². The van der Waals surface area contributed by atoms with Crippen LogP contribution < -0.4 is 21.9 Å². The van der Waals surface area contributed by atoms with E-state index in [1.165, 1.54) is 9.13 Å². The van der Waals surface area contributed by atoms with Gasteiger partial charge in [-0.25, -0.2) is 4.79 Å². The molecule has 1 aliphatic rings. The Labute approximate surface area is 168 Å². The maximum Gasteiger partial charge on any atom is 0.332 e. The first-order valence-corrected chi connectivity index (χ1v) is 10.0. The van der Waals surface area contributed by atoms with Crippen molar-refractivity contribution in [1.82, 2.24) is 9.13 Å². The number of rotatable bonds is 5. The second-order valence-corrected chi connectivity index (χ2v) is 7.30. The minimum absolute atomic E-state index is 0.209. The maximum atomic E-state index is 13.4. The molecule has 7 nitrogen and oxygen atoms in total. The topological polar surface area (TPSA) is 82.5 Å². The molecule has 0 radical (unpaired) electrons. The number of hydrogen-bond donors (Lipinski definition) is 1. The average Bonchev–Trinajstić information content (AvgIpc) is 2.75. The normalized spacial score (nSPS) is 14.4. The van der Waals surface area contributed by atoms with Crippen molar-refractivity contribution in [2.24, 2.45) is 0 Å². The largest absolute Gasteiger partial charge is 0.383 e. The van der Waals surface area contributed by atoms with Crippen LogP contribution in [0.3, 0.4) is 0 Å². The van der Waals surface area contributed by atoms with Crippen LogP contribution in [0.5, 0.6) is 0 Å². The van der Waals surface area contributed by atoms with Gasteiger partial charge in [0.2, 0.25) is 0 Å². The molecule has 4 rings (SSSR count). The Kier molecular flexibility index (Phi) is 5.40. The number of fused-ring (bicyclic) bond motifs is 1. The van der Waals surface area contributed by atoms with Gasteiger partial charge in [-0.05, 0) is 22.8 Å². The number of nitrogens with zero attached hydrogens (tertiary/aromatic N) is 3. The van der Waals surface area contributed by atoms with Crippen LogP contribution in [0, 0.1) is 0 Å². The van der Waals surface area contributed by atoms with Crippen LogP contribution >= 0.6 is 0 Å². The molecule has 2 heterocycles. The molecule has 0 atom stereocenters. The van der Waals surface area contributed by atoms with E-state index in [0.29, 0.717) is 38.5 Å². The number of anilines is 2. The molecule has 1 saturated heterocycles. The molecule has 7 heteroatoms. The van der Waals surface area contributed by atoms with Crippen LogP contribution in [-0.2, 0) is 17.8 Å². The summed E-state index contributed by atoms with van der Waals surface area (Å²) in [5, 5.41) is 2.11. The van der Waals surface area contributed by atoms with E-state index < -0.39 is 0 Å². The molecule has 1 aromatic heterocycles. The molecule has 0 aliphatic carbocycles. The molecule has 2 N–H and O–H groups in total. The first kappa shape index (κ1) is 19.3. The first-order valence-electron chi connectivity index (χ1n) is 10.0. The minimum atomic E-state index is -0.362. The van der Waals surface area contributed by atoms with Crippen molar-refractivity contribution in [3.63, 3.8) is 0 Å². The van der Waals surface area contributed by atoms with E-state index in [1.807, 2.05) is 54.3 Å². The lowest BCUT2D eigenvalue weighted by Gasteiger charge is -2.30. The van der Waals surface area contributed by atoms with Crippen molar-refractivity contribution in [3.8, 4) is 0 Å². The molecule has 0 spiro atoms. The van der Waals surface area contributed by atoms with Gasteiger partial charge in [-0.2, -0.15) is 0 Å². The van der Waals surface area contributed by atoms with E-state index in [-0.39, 0.29) is 23.6 Å². The first-order chi connectivity index (χ1) is 14.1. The highest BCUT2D eigenvalue weighted by molar-refractivity contribution is 5.85. The van der Waals surface area contributed by atoms with Crippen LogP contribution in [0.2, 0.25) is 0 Å². The lowest BCUT2D eigenvalue weighted by Crippen LogP contribution is -2.47. The Morgan fingerprint density at radius 2 is 1.72 bits per heavy atom. The molecule has 152 valence electrons.